The van der Waals surface area contributed by atoms with Crippen molar-refractivity contribution in [3.05, 3.63) is 78.6 Å². The number of amides is 1. The molecule has 0 aliphatic carbocycles. The number of nitrogens with one attached hydrogen (secondary N) is 1. The maximum Gasteiger partial charge on any atom is 0.412 e. The molecule has 1 heterocycles. The van der Waals surface area contributed by atoms with E-state index in [1.165, 1.54) is 0 Å². The molecule has 0 radical (unpaired) electrons. The normalized spacial score (nSPS) is 10.3. The van der Waals surface area contributed by atoms with Crippen LogP contribution >= 0.6 is 0 Å². The molecule has 1 aromatic heterocycles. The number of aromatic nitrogens is 1. The first-order valence-corrected chi connectivity index (χ1v) is 8.06. The van der Waals surface area contributed by atoms with Gasteiger partial charge in [-0.05, 0) is 60.5 Å². The van der Waals surface area contributed by atoms with Crippen LogP contribution in [0.15, 0.2) is 73.1 Å². The van der Waals surface area contributed by atoms with E-state index < -0.39 is 6.09 Å². The first-order chi connectivity index (χ1) is 12.2. The fraction of sp³-hybridized carbons (Fsp3) is 0.150. The summed E-state index contributed by atoms with van der Waals surface area (Å²) in [6.45, 7) is 0.494. The van der Waals surface area contributed by atoms with Gasteiger partial charge in [-0.3, -0.25) is 0 Å². The lowest BCUT2D eigenvalue weighted by Crippen LogP contribution is -2.28. The van der Waals surface area contributed by atoms with E-state index in [0.29, 0.717) is 18.7 Å². The van der Waals surface area contributed by atoms with Crippen molar-refractivity contribution >= 4 is 6.09 Å². The molecule has 25 heavy (non-hydrogen) atoms. The van der Waals surface area contributed by atoms with Gasteiger partial charge in [0, 0.05) is 24.6 Å². The molecule has 3 rings (SSSR count). The standard InChI is InChI=1S/C20H20N2O3/c1-24-19-6-4-5-16(15-19)11-12-21-20(23)25-18-9-7-17(8-10-18)22-13-2-3-14-22/h2-10,13-15H,11-12H2,1H3,(H,21,23). The molecule has 0 saturated heterocycles. The molecule has 0 saturated carbocycles. The third-order valence-corrected chi connectivity index (χ3v) is 3.77. The number of methoxy groups -OCH3 is 1. The van der Waals surface area contributed by atoms with Crippen LogP contribution in [0.5, 0.6) is 11.5 Å². The molecule has 1 N–H and O–H groups in total. The third-order valence-electron chi connectivity index (χ3n) is 3.77. The quantitative estimate of drug-likeness (QED) is 0.744. The number of carbonyl (C=O) groups is 1. The van der Waals surface area contributed by atoms with E-state index in [2.05, 4.69) is 5.32 Å². The summed E-state index contributed by atoms with van der Waals surface area (Å²) in [5.41, 5.74) is 2.10. The van der Waals surface area contributed by atoms with E-state index in [4.69, 9.17) is 9.47 Å². The molecule has 5 nitrogen and oxygen atoms in total. The second-order valence-electron chi connectivity index (χ2n) is 5.50. The Morgan fingerprint density at radius 2 is 1.76 bits per heavy atom. The van der Waals surface area contributed by atoms with Crippen LogP contribution in [0.3, 0.4) is 0 Å². The highest BCUT2D eigenvalue weighted by Gasteiger charge is 2.05. The lowest BCUT2D eigenvalue weighted by molar-refractivity contribution is 0.200. The molecule has 128 valence electrons. The van der Waals surface area contributed by atoms with E-state index >= 15 is 0 Å². The van der Waals surface area contributed by atoms with Crippen LogP contribution in [0, 0.1) is 0 Å². The average molecular weight is 336 g/mol. The molecular formula is C20H20N2O3. The minimum Gasteiger partial charge on any atom is -0.497 e. The summed E-state index contributed by atoms with van der Waals surface area (Å²) in [4.78, 5) is 11.9. The molecular weight excluding hydrogens is 316 g/mol. The van der Waals surface area contributed by atoms with Crippen LogP contribution in [0.4, 0.5) is 4.79 Å². The molecule has 0 bridgehead atoms. The van der Waals surface area contributed by atoms with Gasteiger partial charge in [0.15, 0.2) is 0 Å². The molecule has 0 atom stereocenters. The highest BCUT2D eigenvalue weighted by atomic mass is 16.6. The maximum absolute atomic E-state index is 11.9. The molecule has 0 spiro atoms. The number of ether oxygens (including phenoxy) is 2. The average Bonchev–Trinajstić information content (AvgIpc) is 3.17. The number of nitrogens with zero attached hydrogens (tertiary/aromatic N) is 1. The highest BCUT2D eigenvalue weighted by Crippen LogP contribution is 2.16. The smallest absolute Gasteiger partial charge is 0.412 e. The SMILES string of the molecule is COc1cccc(CCNC(=O)Oc2ccc(-n3cccc3)cc2)c1. The van der Waals surface area contributed by atoms with Crippen molar-refractivity contribution in [1.29, 1.82) is 0 Å². The number of benzene rings is 2. The lowest BCUT2D eigenvalue weighted by Gasteiger charge is -2.08. The van der Waals surface area contributed by atoms with Gasteiger partial charge in [-0.25, -0.2) is 4.79 Å². The summed E-state index contributed by atoms with van der Waals surface area (Å²) in [7, 11) is 1.64. The van der Waals surface area contributed by atoms with Gasteiger partial charge in [0.1, 0.15) is 11.5 Å². The summed E-state index contributed by atoms with van der Waals surface area (Å²) in [6.07, 6.45) is 4.16. The van der Waals surface area contributed by atoms with Crippen molar-refractivity contribution in [2.24, 2.45) is 0 Å². The van der Waals surface area contributed by atoms with Crippen molar-refractivity contribution in [3.63, 3.8) is 0 Å². The van der Waals surface area contributed by atoms with E-state index in [1.807, 2.05) is 65.5 Å². The van der Waals surface area contributed by atoms with E-state index in [0.717, 1.165) is 17.0 Å². The van der Waals surface area contributed by atoms with Crippen molar-refractivity contribution in [3.8, 4) is 17.2 Å². The Bertz CT molecular complexity index is 811. The van der Waals surface area contributed by atoms with Gasteiger partial charge >= 0.3 is 6.09 Å². The van der Waals surface area contributed by atoms with E-state index in [9.17, 15) is 4.79 Å². The minimum absolute atomic E-state index is 0.461. The predicted octanol–water partition coefficient (Wildman–Crippen LogP) is 3.82. The number of carbonyl (C=O) groups excluding carboxylic acids is 1. The van der Waals surface area contributed by atoms with Gasteiger partial charge in [-0.1, -0.05) is 12.1 Å². The fourth-order valence-corrected chi connectivity index (χ4v) is 2.47. The first kappa shape index (κ1) is 16.6. The summed E-state index contributed by atoms with van der Waals surface area (Å²) in [5, 5.41) is 2.75. The number of hydrogen-bond acceptors (Lipinski definition) is 3. The lowest BCUT2D eigenvalue weighted by atomic mass is 10.1. The van der Waals surface area contributed by atoms with Gasteiger partial charge < -0.3 is 19.4 Å². The zero-order chi connectivity index (χ0) is 17.5. The summed E-state index contributed by atoms with van der Waals surface area (Å²) >= 11 is 0. The molecule has 0 aliphatic rings. The Morgan fingerprint density at radius 1 is 1.00 bits per heavy atom. The van der Waals surface area contributed by atoms with Crippen molar-refractivity contribution < 1.29 is 14.3 Å². The topological polar surface area (TPSA) is 52.5 Å². The Labute approximate surface area is 146 Å². The van der Waals surface area contributed by atoms with Crippen LogP contribution in [0.2, 0.25) is 0 Å². The minimum atomic E-state index is -0.461. The van der Waals surface area contributed by atoms with Gasteiger partial charge in [0.2, 0.25) is 0 Å². The van der Waals surface area contributed by atoms with Crippen LogP contribution < -0.4 is 14.8 Å². The van der Waals surface area contributed by atoms with Gasteiger partial charge in [0.25, 0.3) is 0 Å². The Balaban J connectivity index is 1.47. The largest absolute Gasteiger partial charge is 0.497 e. The zero-order valence-electron chi connectivity index (χ0n) is 14.0. The highest BCUT2D eigenvalue weighted by molar-refractivity contribution is 5.70. The molecule has 2 aromatic carbocycles. The Morgan fingerprint density at radius 3 is 2.48 bits per heavy atom. The van der Waals surface area contributed by atoms with Crippen LogP contribution in [-0.2, 0) is 6.42 Å². The maximum atomic E-state index is 11.9. The van der Waals surface area contributed by atoms with E-state index in [1.54, 1.807) is 19.2 Å². The number of hydrogen-bond donors (Lipinski definition) is 1. The Hall–Kier alpha value is -3.21. The third kappa shape index (κ3) is 4.64. The van der Waals surface area contributed by atoms with Gasteiger partial charge in [0.05, 0.1) is 7.11 Å². The van der Waals surface area contributed by atoms with Crippen molar-refractivity contribution in [2.75, 3.05) is 13.7 Å². The molecule has 0 fully saturated rings. The van der Waals surface area contributed by atoms with Crippen molar-refractivity contribution in [2.45, 2.75) is 6.42 Å². The number of rotatable bonds is 6. The second kappa shape index (κ2) is 8.06. The van der Waals surface area contributed by atoms with E-state index in [-0.39, 0.29) is 0 Å². The first-order valence-electron chi connectivity index (χ1n) is 8.06. The van der Waals surface area contributed by atoms with Gasteiger partial charge in [-0.15, -0.1) is 0 Å². The van der Waals surface area contributed by atoms with Gasteiger partial charge in [-0.2, -0.15) is 0 Å². The molecule has 3 aromatic rings. The Kier molecular flexibility index (Phi) is 5.36. The monoisotopic (exact) mass is 336 g/mol. The molecule has 1 amide bonds. The van der Waals surface area contributed by atoms with Crippen LogP contribution in [0.1, 0.15) is 5.56 Å². The summed E-state index contributed by atoms with van der Waals surface area (Å²) in [6, 6.07) is 19.0. The van der Waals surface area contributed by atoms with Crippen LogP contribution in [-0.4, -0.2) is 24.3 Å². The molecule has 0 unspecified atom stereocenters. The molecule has 0 aliphatic heterocycles. The van der Waals surface area contributed by atoms with Crippen molar-refractivity contribution in [1.82, 2.24) is 9.88 Å². The zero-order valence-corrected chi connectivity index (χ0v) is 14.0. The molecule has 5 heteroatoms. The summed E-state index contributed by atoms with van der Waals surface area (Å²) < 4.78 is 12.5. The second-order valence-corrected chi connectivity index (χ2v) is 5.50. The van der Waals surface area contributed by atoms with Crippen LogP contribution in [0.25, 0.3) is 5.69 Å². The fourth-order valence-electron chi connectivity index (χ4n) is 2.47. The summed E-state index contributed by atoms with van der Waals surface area (Å²) in [5.74, 6) is 1.32. The predicted molar refractivity (Wildman–Crippen MR) is 96.5 cm³/mol.